The van der Waals surface area contributed by atoms with Gasteiger partial charge < -0.3 is 9.32 Å². The van der Waals surface area contributed by atoms with Crippen LogP contribution in [0, 0.1) is 18.3 Å². The van der Waals surface area contributed by atoms with Crippen LogP contribution in [-0.2, 0) is 6.42 Å². The molecule has 102 valence electrons. The van der Waals surface area contributed by atoms with Gasteiger partial charge in [-0.1, -0.05) is 6.92 Å². The van der Waals surface area contributed by atoms with Crippen LogP contribution in [-0.4, -0.2) is 23.1 Å². The highest BCUT2D eigenvalue weighted by Crippen LogP contribution is 2.29. The number of rotatable bonds is 3. The third-order valence-electron chi connectivity index (χ3n) is 3.60. The fourth-order valence-electron chi connectivity index (χ4n) is 2.26. The van der Waals surface area contributed by atoms with Crippen molar-refractivity contribution in [1.82, 2.24) is 9.97 Å². The molecule has 2 aromatic rings. The van der Waals surface area contributed by atoms with E-state index in [4.69, 9.17) is 4.42 Å². The Bertz CT molecular complexity index is 680. The Morgan fingerprint density at radius 3 is 2.80 bits per heavy atom. The molecule has 0 aromatic carbocycles. The van der Waals surface area contributed by atoms with E-state index in [-0.39, 0.29) is 0 Å². The van der Waals surface area contributed by atoms with Crippen molar-refractivity contribution in [2.24, 2.45) is 0 Å². The van der Waals surface area contributed by atoms with Crippen molar-refractivity contribution in [1.29, 1.82) is 5.26 Å². The second-order valence-corrected chi connectivity index (χ2v) is 4.93. The number of nitriles is 1. The van der Waals surface area contributed by atoms with Crippen LogP contribution in [0.1, 0.15) is 30.4 Å². The lowest BCUT2D eigenvalue weighted by molar-refractivity contribution is 0.524. The van der Waals surface area contributed by atoms with E-state index in [1.54, 1.807) is 6.20 Å². The minimum atomic E-state index is 0.540. The molecule has 1 aliphatic rings. The average molecular weight is 268 g/mol. The largest absolute Gasteiger partial charge is 0.441 e. The monoisotopic (exact) mass is 268 g/mol. The van der Waals surface area contributed by atoms with E-state index in [1.807, 2.05) is 19.9 Å². The van der Waals surface area contributed by atoms with Gasteiger partial charge in [0.15, 0.2) is 0 Å². The quantitative estimate of drug-likeness (QED) is 0.856. The summed E-state index contributed by atoms with van der Waals surface area (Å²) in [5.41, 5.74) is 2.22. The molecule has 0 saturated carbocycles. The first-order valence-corrected chi connectivity index (χ1v) is 6.84. The van der Waals surface area contributed by atoms with Crippen molar-refractivity contribution in [3.05, 3.63) is 29.3 Å². The second kappa shape index (κ2) is 4.97. The van der Waals surface area contributed by atoms with Crippen molar-refractivity contribution < 1.29 is 4.42 Å². The summed E-state index contributed by atoms with van der Waals surface area (Å²) in [5.74, 6) is 2.16. The highest BCUT2D eigenvalue weighted by Gasteiger charge is 2.22. The van der Waals surface area contributed by atoms with Crippen molar-refractivity contribution in [2.75, 3.05) is 18.0 Å². The predicted molar refractivity (Wildman–Crippen MR) is 75.4 cm³/mol. The standard InChI is InChI=1S/C15H16N4O/c1-3-12-9-17-15(20-12)13-7-11(8-16)14(18-10(13)2)19-5-4-6-19/h7,9H,3-6H2,1-2H3. The van der Waals surface area contributed by atoms with Crippen molar-refractivity contribution in [3.63, 3.8) is 0 Å². The van der Waals surface area contributed by atoms with Crippen molar-refractivity contribution in [3.8, 4) is 17.5 Å². The molecule has 1 saturated heterocycles. The second-order valence-electron chi connectivity index (χ2n) is 4.93. The van der Waals surface area contributed by atoms with Gasteiger partial charge in [-0.2, -0.15) is 5.26 Å². The summed E-state index contributed by atoms with van der Waals surface area (Å²) in [6.45, 7) is 5.89. The van der Waals surface area contributed by atoms with Crippen LogP contribution in [0.3, 0.4) is 0 Å². The molecule has 3 heterocycles. The number of pyridine rings is 1. The van der Waals surface area contributed by atoms with Gasteiger partial charge in [0, 0.05) is 19.5 Å². The molecule has 20 heavy (non-hydrogen) atoms. The van der Waals surface area contributed by atoms with Gasteiger partial charge in [-0.05, 0) is 19.4 Å². The van der Waals surface area contributed by atoms with Crippen LogP contribution >= 0.6 is 0 Å². The Labute approximate surface area is 117 Å². The van der Waals surface area contributed by atoms with Crippen LogP contribution in [0.15, 0.2) is 16.7 Å². The van der Waals surface area contributed by atoms with Gasteiger partial charge in [-0.15, -0.1) is 0 Å². The van der Waals surface area contributed by atoms with E-state index in [0.29, 0.717) is 11.5 Å². The fraction of sp³-hybridized carbons (Fsp3) is 0.400. The zero-order chi connectivity index (χ0) is 14.1. The summed E-state index contributed by atoms with van der Waals surface area (Å²) in [4.78, 5) is 11.0. The zero-order valence-electron chi connectivity index (χ0n) is 11.7. The third-order valence-corrected chi connectivity index (χ3v) is 3.60. The number of aromatic nitrogens is 2. The molecular formula is C15H16N4O. The molecule has 5 nitrogen and oxygen atoms in total. The Morgan fingerprint density at radius 2 is 2.25 bits per heavy atom. The normalized spacial score (nSPS) is 13.9. The summed E-state index contributed by atoms with van der Waals surface area (Å²) in [6.07, 6.45) is 3.69. The van der Waals surface area contributed by atoms with Crippen molar-refractivity contribution in [2.45, 2.75) is 26.7 Å². The average Bonchev–Trinajstić information content (AvgIpc) is 2.85. The molecule has 0 bridgehead atoms. The van der Waals surface area contributed by atoms with Gasteiger partial charge in [-0.3, -0.25) is 0 Å². The Kier molecular flexibility index (Phi) is 3.15. The maximum atomic E-state index is 9.33. The van der Waals surface area contributed by atoms with Crippen LogP contribution in [0.5, 0.6) is 0 Å². The number of anilines is 1. The number of hydrogen-bond acceptors (Lipinski definition) is 5. The van der Waals surface area contributed by atoms with Gasteiger partial charge in [0.2, 0.25) is 5.89 Å². The van der Waals surface area contributed by atoms with Crippen LogP contribution in [0.25, 0.3) is 11.5 Å². The minimum Gasteiger partial charge on any atom is -0.441 e. The van der Waals surface area contributed by atoms with Crippen LogP contribution in [0.2, 0.25) is 0 Å². The van der Waals surface area contributed by atoms with E-state index in [0.717, 1.165) is 48.8 Å². The minimum absolute atomic E-state index is 0.540. The maximum Gasteiger partial charge on any atom is 0.228 e. The molecule has 0 radical (unpaired) electrons. The highest BCUT2D eigenvalue weighted by molar-refractivity contribution is 5.66. The van der Waals surface area contributed by atoms with Crippen molar-refractivity contribution >= 4 is 5.82 Å². The lowest BCUT2D eigenvalue weighted by Gasteiger charge is -2.32. The lowest BCUT2D eigenvalue weighted by Crippen LogP contribution is -2.38. The molecule has 5 heteroatoms. The van der Waals surface area contributed by atoms with E-state index < -0.39 is 0 Å². The van der Waals surface area contributed by atoms with Crippen LogP contribution < -0.4 is 4.90 Å². The van der Waals surface area contributed by atoms with Gasteiger partial charge in [0.25, 0.3) is 0 Å². The number of nitrogens with zero attached hydrogens (tertiary/aromatic N) is 4. The maximum absolute atomic E-state index is 9.33. The number of hydrogen-bond donors (Lipinski definition) is 0. The fourth-order valence-corrected chi connectivity index (χ4v) is 2.26. The molecular weight excluding hydrogens is 252 g/mol. The zero-order valence-corrected chi connectivity index (χ0v) is 11.7. The Balaban J connectivity index is 2.06. The molecule has 0 amide bonds. The predicted octanol–water partition coefficient (Wildman–Crippen LogP) is 2.69. The Hall–Kier alpha value is -2.35. The van der Waals surface area contributed by atoms with Gasteiger partial charge in [-0.25, -0.2) is 9.97 Å². The molecule has 0 spiro atoms. The third kappa shape index (κ3) is 2.03. The summed E-state index contributed by atoms with van der Waals surface area (Å²) in [7, 11) is 0. The SMILES string of the molecule is CCc1cnc(-c2cc(C#N)c(N3CCC3)nc2C)o1. The molecule has 1 aliphatic heterocycles. The van der Waals surface area contributed by atoms with Gasteiger partial charge in [0.05, 0.1) is 23.0 Å². The first-order chi connectivity index (χ1) is 9.72. The number of aryl methyl sites for hydroxylation is 2. The van der Waals surface area contributed by atoms with E-state index in [2.05, 4.69) is 20.9 Å². The first-order valence-electron chi connectivity index (χ1n) is 6.84. The van der Waals surface area contributed by atoms with Gasteiger partial charge in [0.1, 0.15) is 17.6 Å². The molecule has 2 aromatic heterocycles. The summed E-state index contributed by atoms with van der Waals surface area (Å²) >= 11 is 0. The highest BCUT2D eigenvalue weighted by atomic mass is 16.4. The summed E-state index contributed by atoms with van der Waals surface area (Å²) in [5, 5.41) is 9.33. The first kappa shape index (κ1) is 12.7. The molecule has 3 rings (SSSR count). The Morgan fingerprint density at radius 1 is 1.45 bits per heavy atom. The van der Waals surface area contributed by atoms with Gasteiger partial charge >= 0.3 is 0 Å². The summed E-state index contributed by atoms with van der Waals surface area (Å²) < 4.78 is 5.67. The molecule has 0 atom stereocenters. The van der Waals surface area contributed by atoms with E-state index in [9.17, 15) is 5.26 Å². The molecule has 0 N–H and O–H groups in total. The van der Waals surface area contributed by atoms with E-state index in [1.165, 1.54) is 0 Å². The number of oxazole rings is 1. The van der Waals surface area contributed by atoms with E-state index >= 15 is 0 Å². The molecule has 1 fully saturated rings. The smallest absolute Gasteiger partial charge is 0.228 e. The summed E-state index contributed by atoms with van der Waals surface area (Å²) in [6, 6.07) is 4.06. The lowest BCUT2D eigenvalue weighted by atomic mass is 10.1. The van der Waals surface area contributed by atoms with Crippen LogP contribution in [0.4, 0.5) is 5.82 Å². The topological polar surface area (TPSA) is 66.0 Å². The molecule has 0 aliphatic carbocycles. The molecule has 0 unspecified atom stereocenters.